The number of carbonyl (C=O) groups excluding carboxylic acids is 2. The van der Waals surface area contributed by atoms with Crippen LogP contribution in [-0.4, -0.2) is 58.0 Å². The second-order valence-corrected chi connectivity index (χ2v) is 9.14. The third-order valence-corrected chi connectivity index (χ3v) is 7.02. The van der Waals surface area contributed by atoms with Gasteiger partial charge in [0, 0.05) is 19.0 Å². The predicted molar refractivity (Wildman–Crippen MR) is 101 cm³/mol. The van der Waals surface area contributed by atoms with Gasteiger partial charge in [-0.2, -0.15) is 4.31 Å². The monoisotopic (exact) mass is 410 g/mol. The summed E-state index contributed by atoms with van der Waals surface area (Å²) in [5, 5.41) is 2.60. The molecule has 2 aliphatic rings. The molecule has 1 amide bonds. The lowest BCUT2D eigenvalue weighted by Gasteiger charge is -2.30. The predicted octanol–water partition coefficient (Wildman–Crippen LogP) is 1.17. The zero-order valence-electron chi connectivity index (χ0n) is 15.9. The van der Waals surface area contributed by atoms with Gasteiger partial charge in [-0.25, -0.2) is 8.42 Å². The minimum Gasteiger partial charge on any atom is -0.497 e. The molecule has 9 heteroatoms. The molecule has 2 fully saturated rings. The minimum atomic E-state index is -3.60. The average molecular weight is 410 g/mol. The first-order chi connectivity index (χ1) is 13.4. The summed E-state index contributed by atoms with van der Waals surface area (Å²) in [5.41, 5.74) is 0. The highest BCUT2D eigenvalue weighted by molar-refractivity contribution is 7.89. The normalized spacial score (nSPS) is 18.5. The standard InChI is InChI=1S/C19H26N2O6S/c1-26-16-4-6-17(7-5-16)28(24,25)21-10-8-15(9-11-21)19(23)20-12-18(22)27-13-14-2-3-14/h4-7,14-15H,2-3,8-13H2,1H3,(H,20,23). The summed E-state index contributed by atoms with van der Waals surface area (Å²) in [4.78, 5) is 24.1. The molecule has 0 aromatic heterocycles. The van der Waals surface area contributed by atoms with Gasteiger partial charge in [-0.05, 0) is 55.9 Å². The van der Waals surface area contributed by atoms with Crippen molar-refractivity contribution < 1.29 is 27.5 Å². The first kappa shape index (κ1) is 20.6. The molecule has 0 spiro atoms. The van der Waals surface area contributed by atoms with Crippen LogP contribution < -0.4 is 10.1 Å². The topological polar surface area (TPSA) is 102 Å². The van der Waals surface area contributed by atoms with E-state index in [2.05, 4.69) is 5.32 Å². The van der Waals surface area contributed by atoms with Crippen LogP contribution in [0.4, 0.5) is 0 Å². The van der Waals surface area contributed by atoms with E-state index in [4.69, 9.17) is 9.47 Å². The van der Waals surface area contributed by atoms with Crippen LogP contribution in [-0.2, 0) is 24.3 Å². The van der Waals surface area contributed by atoms with Gasteiger partial charge in [0.2, 0.25) is 15.9 Å². The fraction of sp³-hybridized carbons (Fsp3) is 0.579. The van der Waals surface area contributed by atoms with Crippen molar-refractivity contribution in [3.05, 3.63) is 24.3 Å². The van der Waals surface area contributed by atoms with Crippen LogP contribution in [0.25, 0.3) is 0 Å². The van der Waals surface area contributed by atoms with E-state index in [1.54, 1.807) is 12.1 Å². The average Bonchev–Trinajstić information content (AvgIpc) is 3.55. The number of benzene rings is 1. The van der Waals surface area contributed by atoms with Crippen molar-refractivity contribution in [2.45, 2.75) is 30.6 Å². The second-order valence-electron chi connectivity index (χ2n) is 7.20. The number of hydrogen-bond acceptors (Lipinski definition) is 6. The van der Waals surface area contributed by atoms with Crippen LogP contribution in [0.3, 0.4) is 0 Å². The van der Waals surface area contributed by atoms with E-state index < -0.39 is 16.0 Å². The third kappa shape index (κ3) is 5.23. The molecule has 1 aliphatic heterocycles. The largest absolute Gasteiger partial charge is 0.497 e. The lowest BCUT2D eigenvalue weighted by atomic mass is 9.97. The number of methoxy groups -OCH3 is 1. The number of ether oxygens (including phenoxy) is 2. The van der Waals surface area contributed by atoms with Crippen LogP contribution in [0.15, 0.2) is 29.2 Å². The third-order valence-electron chi connectivity index (χ3n) is 5.11. The van der Waals surface area contributed by atoms with E-state index in [1.165, 1.54) is 23.5 Å². The molecule has 154 valence electrons. The van der Waals surface area contributed by atoms with Crippen molar-refractivity contribution in [1.82, 2.24) is 9.62 Å². The van der Waals surface area contributed by atoms with Gasteiger partial charge in [0.15, 0.2) is 0 Å². The number of nitrogens with one attached hydrogen (secondary N) is 1. The Labute approximate surface area is 165 Å². The first-order valence-corrected chi connectivity index (χ1v) is 10.9. The Hall–Kier alpha value is -2.13. The number of rotatable bonds is 8. The lowest BCUT2D eigenvalue weighted by molar-refractivity contribution is -0.144. The molecule has 1 saturated heterocycles. The number of sulfonamides is 1. The summed E-state index contributed by atoms with van der Waals surface area (Å²) < 4.78 is 37.0. The molecule has 1 saturated carbocycles. The zero-order valence-corrected chi connectivity index (χ0v) is 16.7. The van der Waals surface area contributed by atoms with E-state index >= 15 is 0 Å². The first-order valence-electron chi connectivity index (χ1n) is 9.47. The molecule has 1 heterocycles. The maximum atomic E-state index is 12.7. The van der Waals surface area contributed by atoms with Crippen molar-refractivity contribution in [1.29, 1.82) is 0 Å². The number of piperidine rings is 1. The highest BCUT2D eigenvalue weighted by Gasteiger charge is 2.32. The Bertz CT molecular complexity index is 796. The van der Waals surface area contributed by atoms with Gasteiger partial charge in [-0.15, -0.1) is 0 Å². The van der Waals surface area contributed by atoms with Crippen molar-refractivity contribution in [2.24, 2.45) is 11.8 Å². The molecular weight excluding hydrogens is 384 g/mol. The molecule has 0 bridgehead atoms. The van der Waals surface area contributed by atoms with Gasteiger partial charge >= 0.3 is 5.97 Å². The maximum absolute atomic E-state index is 12.7. The summed E-state index contributed by atoms with van der Waals surface area (Å²) in [6.07, 6.45) is 3.02. The summed E-state index contributed by atoms with van der Waals surface area (Å²) >= 11 is 0. The molecule has 0 atom stereocenters. The molecule has 0 radical (unpaired) electrons. The molecule has 1 aromatic rings. The fourth-order valence-corrected chi connectivity index (χ4v) is 4.57. The van der Waals surface area contributed by atoms with Crippen molar-refractivity contribution in [3.8, 4) is 5.75 Å². The number of esters is 1. The molecule has 1 N–H and O–H groups in total. The highest BCUT2D eigenvalue weighted by atomic mass is 32.2. The second kappa shape index (κ2) is 8.91. The molecular formula is C19H26N2O6S. The number of hydrogen-bond donors (Lipinski definition) is 1. The number of nitrogens with zero attached hydrogens (tertiary/aromatic N) is 1. The van der Waals surface area contributed by atoms with E-state index in [9.17, 15) is 18.0 Å². The van der Waals surface area contributed by atoms with Crippen LogP contribution in [0.1, 0.15) is 25.7 Å². The van der Waals surface area contributed by atoms with Crippen LogP contribution >= 0.6 is 0 Å². The van der Waals surface area contributed by atoms with Crippen LogP contribution in [0.5, 0.6) is 5.75 Å². The van der Waals surface area contributed by atoms with Crippen LogP contribution in [0.2, 0.25) is 0 Å². The Morgan fingerprint density at radius 3 is 2.32 bits per heavy atom. The van der Waals surface area contributed by atoms with Crippen LogP contribution in [0, 0.1) is 11.8 Å². The summed E-state index contributed by atoms with van der Waals surface area (Å²) in [5.74, 6) is 0.102. The summed E-state index contributed by atoms with van der Waals surface area (Å²) in [7, 11) is -2.08. The van der Waals surface area contributed by atoms with Crippen molar-refractivity contribution >= 4 is 21.9 Å². The van der Waals surface area contributed by atoms with Gasteiger partial charge in [0.1, 0.15) is 12.3 Å². The van der Waals surface area contributed by atoms with Gasteiger partial charge < -0.3 is 14.8 Å². The van der Waals surface area contributed by atoms with Crippen molar-refractivity contribution in [2.75, 3.05) is 33.4 Å². The zero-order chi connectivity index (χ0) is 20.1. The van der Waals surface area contributed by atoms with Gasteiger partial charge in [-0.1, -0.05) is 0 Å². The maximum Gasteiger partial charge on any atom is 0.325 e. The smallest absolute Gasteiger partial charge is 0.325 e. The van der Waals surface area contributed by atoms with Gasteiger partial charge in [-0.3, -0.25) is 9.59 Å². The molecule has 8 nitrogen and oxygen atoms in total. The molecule has 28 heavy (non-hydrogen) atoms. The molecule has 1 aromatic carbocycles. The van der Waals surface area contributed by atoms with E-state index in [0.29, 0.717) is 31.1 Å². The summed E-state index contributed by atoms with van der Waals surface area (Å²) in [6.45, 7) is 0.809. The Balaban J connectivity index is 1.46. The SMILES string of the molecule is COc1ccc(S(=O)(=O)N2CCC(C(=O)NCC(=O)OCC3CC3)CC2)cc1. The Kier molecular flexibility index (Phi) is 6.56. The lowest BCUT2D eigenvalue weighted by Crippen LogP contribution is -2.44. The van der Waals surface area contributed by atoms with E-state index in [-0.39, 0.29) is 36.4 Å². The quantitative estimate of drug-likeness (QED) is 0.646. The van der Waals surface area contributed by atoms with Gasteiger partial charge in [0.05, 0.1) is 18.6 Å². The number of carbonyl (C=O) groups is 2. The molecule has 3 rings (SSSR count). The highest BCUT2D eigenvalue weighted by Crippen LogP contribution is 2.28. The van der Waals surface area contributed by atoms with E-state index in [1.807, 2.05) is 0 Å². The van der Waals surface area contributed by atoms with Gasteiger partial charge in [0.25, 0.3) is 0 Å². The van der Waals surface area contributed by atoms with E-state index in [0.717, 1.165) is 12.8 Å². The Morgan fingerprint density at radius 2 is 1.75 bits per heavy atom. The number of amides is 1. The minimum absolute atomic E-state index is 0.143. The Morgan fingerprint density at radius 1 is 1.11 bits per heavy atom. The summed E-state index contributed by atoms with van der Waals surface area (Å²) in [6, 6.07) is 6.24. The fourth-order valence-electron chi connectivity index (χ4n) is 3.11. The van der Waals surface area contributed by atoms with Crippen molar-refractivity contribution in [3.63, 3.8) is 0 Å². The molecule has 0 unspecified atom stereocenters. The molecule has 1 aliphatic carbocycles.